The summed E-state index contributed by atoms with van der Waals surface area (Å²) < 4.78 is 34.2. The molecular weight excluding hydrogens is 387 g/mol. The van der Waals surface area contributed by atoms with Crippen molar-refractivity contribution in [3.63, 3.8) is 0 Å². The number of ether oxygens (including phenoxy) is 1. The molecule has 0 atom stereocenters. The Balaban J connectivity index is 2.42. The monoisotopic (exact) mass is 394 g/mol. The van der Waals surface area contributed by atoms with E-state index in [9.17, 15) is 13.2 Å². The van der Waals surface area contributed by atoms with E-state index in [1.54, 1.807) is 0 Å². The van der Waals surface area contributed by atoms with Gasteiger partial charge < -0.3 is 8.92 Å². The second kappa shape index (κ2) is 6.97. The summed E-state index contributed by atoms with van der Waals surface area (Å²) in [5.41, 5.74) is 0.0215. The van der Waals surface area contributed by atoms with Gasteiger partial charge in [0, 0.05) is 6.07 Å². The van der Waals surface area contributed by atoms with Gasteiger partial charge in [0.05, 0.1) is 27.7 Å². The van der Waals surface area contributed by atoms with Gasteiger partial charge in [-0.05, 0) is 30.3 Å². The van der Waals surface area contributed by atoms with E-state index in [2.05, 4.69) is 4.74 Å². The maximum atomic E-state index is 12.3. The Hall–Kier alpha value is -1.47. The van der Waals surface area contributed by atoms with E-state index in [4.69, 9.17) is 39.0 Å². The summed E-state index contributed by atoms with van der Waals surface area (Å²) in [6.45, 7) is 0. The van der Waals surface area contributed by atoms with Crippen LogP contribution in [0.4, 0.5) is 0 Å². The molecule has 0 saturated carbocycles. The highest BCUT2D eigenvalue weighted by molar-refractivity contribution is 7.87. The molecule has 0 spiro atoms. The van der Waals surface area contributed by atoms with Crippen LogP contribution in [0.1, 0.15) is 10.4 Å². The van der Waals surface area contributed by atoms with Gasteiger partial charge in [0.1, 0.15) is 10.6 Å². The van der Waals surface area contributed by atoms with Crippen molar-refractivity contribution in [2.45, 2.75) is 4.90 Å². The molecule has 0 aromatic heterocycles. The fourth-order valence-electron chi connectivity index (χ4n) is 1.64. The molecule has 0 aliphatic rings. The Labute approximate surface area is 147 Å². The van der Waals surface area contributed by atoms with Gasteiger partial charge in [0.15, 0.2) is 0 Å². The smallest absolute Gasteiger partial charge is 0.340 e. The maximum absolute atomic E-state index is 12.3. The highest BCUT2D eigenvalue weighted by Gasteiger charge is 2.23. The molecule has 2 aromatic rings. The Kier molecular flexibility index (Phi) is 5.41. The quantitative estimate of drug-likeness (QED) is 0.573. The minimum Gasteiger partial charge on any atom is -0.465 e. The van der Waals surface area contributed by atoms with Crippen molar-refractivity contribution in [2.24, 2.45) is 0 Å². The molecule has 0 fully saturated rings. The zero-order chi connectivity index (χ0) is 17.2. The molecule has 0 saturated heterocycles. The van der Waals surface area contributed by atoms with Gasteiger partial charge in [-0.15, -0.1) is 0 Å². The lowest BCUT2D eigenvalue weighted by molar-refractivity contribution is 0.0600. The number of carbonyl (C=O) groups is 1. The lowest BCUT2D eigenvalue weighted by atomic mass is 10.2. The van der Waals surface area contributed by atoms with Gasteiger partial charge in [0.25, 0.3) is 0 Å². The molecule has 0 unspecified atom stereocenters. The van der Waals surface area contributed by atoms with Crippen molar-refractivity contribution >= 4 is 50.9 Å². The van der Waals surface area contributed by atoms with E-state index >= 15 is 0 Å². The van der Waals surface area contributed by atoms with Crippen LogP contribution in [0.2, 0.25) is 15.1 Å². The van der Waals surface area contributed by atoms with Crippen LogP contribution in [0.25, 0.3) is 0 Å². The number of hydrogen-bond acceptors (Lipinski definition) is 5. The first kappa shape index (κ1) is 17.9. The molecule has 0 amide bonds. The lowest BCUT2D eigenvalue weighted by Crippen LogP contribution is -2.12. The second-order valence-corrected chi connectivity index (χ2v) is 6.99. The van der Waals surface area contributed by atoms with Crippen molar-refractivity contribution in [1.82, 2.24) is 0 Å². The van der Waals surface area contributed by atoms with Gasteiger partial charge >= 0.3 is 16.1 Å². The maximum Gasteiger partial charge on any atom is 0.340 e. The lowest BCUT2D eigenvalue weighted by Gasteiger charge is -2.10. The van der Waals surface area contributed by atoms with Crippen molar-refractivity contribution < 1.29 is 22.1 Å². The third kappa shape index (κ3) is 4.09. The van der Waals surface area contributed by atoms with E-state index in [1.165, 1.54) is 37.4 Å². The fraction of sp³-hybridized carbons (Fsp3) is 0.0714. The summed E-state index contributed by atoms with van der Waals surface area (Å²) in [6, 6.07) is 7.65. The molecule has 0 heterocycles. The topological polar surface area (TPSA) is 69.7 Å². The molecule has 9 heteroatoms. The predicted octanol–water partition coefficient (Wildman–Crippen LogP) is 4.20. The Morgan fingerprint density at radius 3 is 2.22 bits per heavy atom. The van der Waals surface area contributed by atoms with Gasteiger partial charge in [-0.2, -0.15) is 8.42 Å². The van der Waals surface area contributed by atoms with E-state index in [-0.39, 0.29) is 31.3 Å². The minimum atomic E-state index is -4.28. The SMILES string of the molecule is COC(=O)c1ccc(Cl)c(S(=O)(=O)Oc2ccc(Cl)c(Cl)c2)c1. The zero-order valence-electron chi connectivity index (χ0n) is 11.5. The number of methoxy groups -OCH3 is 1. The van der Waals surface area contributed by atoms with Gasteiger partial charge in [-0.1, -0.05) is 34.8 Å². The zero-order valence-corrected chi connectivity index (χ0v) is 14.6. The van der Waals surface area contributed by atoms with Crippen LogP contribution in [0, 0.1) is 0 Å². The summed E-state index contributed by atoms with van der Waals surface area (Å²) in [6.07, 6.45) is 0. The molecule has 0 bridgehead atoms. The molecule has 0 aliphatic carbocycles. The summed E-state index contributed by atoms with van der Waals surface area (Å²) >= 11 is 17.5. The van der Waals surface area contributed by atoms with Crippen molar-refractivity contribution in [3.8, 4) is 5.75 Å². The Bertz CT molecular complexity index is 865. The highest BCUT2D eigenvalue weighted by Crippen LogP contribution is 2.30. The minimum absolute atomic E-state index is 0.0215. The average Bonchev–Trinajstić information content (AvgIpc) is 2.50. The Morgan fingerprint density at radius 1 is 0.957 bits per heavy atom. The van der Waals surface area contributed by atoms with Crippen LogP contribution in [0.3, 0.4) is 0 Å². The van der Waals surface area contributed by atoms with Crippen LogP contribution in [-0.2, 0) is 14.9 Å². The number of carbonyl (C=O) groups excluding carboxylic acids is 1. The standard InChI is InChI=1S/C14H9Cl3O5S/c1-21-14(18)8-2-4-11(16)13(6-8)23(19,20)22-9-3-5-10(15)12(17)7-9/h2-7H,1H3. The Morgan fingerprint density at radius 2 is 1.61 bits per heavy atom. The first-order valence-electron chi connectivity index (χ1n) is 6.02. The van der Waals surface area contributed by atoms with E-state index in [1.807, 2.05) is 0 Å². The van der Waals surface area contributed by atoms with E-state index in [0.29, 0.717) is 0 Å². The van der Waals surface area contributed by atoms with Crippen LogP contribution >= 0.6 is 34.8 Å². The number of benzene rings is 2. The molecule has 0 aliphatic heterocycles. The molecule has 0 radical (unpaired) electrons. The third-order valence-electron chi connectivity index (χ3n) is 2.72. The highest BCUT2D eigenvalue weighted by atomic mass is 35.5. The predicted molar refractivity (Wildman–Crippen MR) is 87.1 cm³/mol. The molecule has 0 N–H and O–H groups in total. The van der Waals surface area contributed by atoms with Crippen LogP contribution < -0.4 is 4.18 Å². The van der Waals surface area contributed by atoms with Crippen molar-refractivity contribution in [1.29, 1.82) is 0 Å². The number of halogens is 3. The first-order chi connectivity index (χ1) is 10.7. The van der Waals surface area contributed by atoms with Crippen molar-refractivity contribution in [2.75, 3.05) is 7.11 Å². The van der Waals surface area contributed by atoms with Gasteiger partial charge in [0.2, 0.25) is 0 Å². The average molecular weight is 396 g/mol. The normalized spacial score (nSPS) is 11.1. The first-order valence-corrected chi connectivity index (χ1v) is 8.56. The van der Waals surface area contributed by atoms with Crippen LogP contribution in [0.15, 0.2) is 41.3 Å². The van der Waals surface area contributed by atoms with E-state index in [0.717, 1.165) is 6.07 Å². The molecule has 5 nitrogen and oxygen atoms in total. The largest absolute Gasteiger partial charge is 0.465 e. The second-order valence-electron chi connectivity index (χ2n) is 4.25. The number of rotatable bonds is 4. The molecule has 23 heavy (non-hydrogen) atoms. The molecule has 2 rings (SSSR count). The number of esters is 1. The van der Waals surface area contributed by atoms with Crippen LogP contribution in [-0.4, -0.2) is 21.5 Å². The van der Waals surface area contributed by atoms with Gasteiger partial charge in [-0.25, -0.2) is 4.79 Å². The van der Waals surface area contributed by atoms with E-state index < -0.39 is 16.1 Å². The van der Waals surface area contributed by atoms with Crippen LogP contribution in [0.5, 0.6) is 5.75 Å². The summed E-state index contributed by atoms with van der Waals surface area (Å²) in [5, 5.41) is 0.286. The third-order valence-corrected chi connectivity index (χ3v) is 5.19. The summed E-state index contributed by atoms with van der Waals surface area (Å²) in [5.74, 6) is -0.744. The molecular formula is C14H9Cl3O5S. The summed E-state index contributed by atoms with van der Waals surface area (Å²) in [4.78, 5) is 11.1. The number of hydrogen-bond donors (Lipinski definition) is 0. The van der Waals surface area contributed by atoms with Crippen molar-refractivity contribution in [3.05, 3.63) is 57.0 Å². The molecule has 122 valence electrons. The van der Waals surface area contributed by atoms with Gasteiger partial charge in [-0.3, -0.25) is 0 Å². The molecule has 2 aromatic carbocycles. The summed E-state index contributed by atoms with van der Waals surface area (Å²) in [7, 11) is -3.10. The fourth-order valence-corrected chi connectivity index (χ4v) is 3.35.